The zero-order valence-corrected chi connectivity index (χ0v) is 10.0. The Balaban J connectivity index is 1.97. The quantitative estimate of drug-likeness (QED) is 0.600. The average molecular weight is 236 g/mol. The normalized spacial score (nSPS) is 23.9. The zero-order valence-electron chi connectivity index (χ0n) is 9.15. The molecule has 4 heteroatoms. The van der Waals surface area contributed by atoms with Gasteiger partial charge in [-0.2, -0.15) is 0 Å². The van der Waals surface area contributed by atoms with Gasteiger partial charge in [0.15, 0.2) is 0 Å². The summed E-state index contributed by atoms with van der Waals surface area (Å²) < 4.78 is 5.57. The lowest BCUT2D eigenvalue weighted by atomic mass is 10.0. The van der Waals surface area contributed by atoms with Gasteiger partial charge in [-0.05, 0) is 11.6 Å². The molecule has 1 aromatic rings. The maximum absolute atomic E-state index is 5.57. The van der Waals surface area contributed by atoms with Crippen LogP contribution in [0.3, 0.4) is 0 Å². The van der Waals surface area contributed by atoms with E-state index in [1.54, 1.807) is 0 Å². The van der Waals surface area contributed by atoms with Gasteiger partial charge in [0.1, 0.15) is 11.7 Å². The van der Waals surface area contributed by atoms with Crippen LogP contribution in [0.2, 0.25) is 0 Å². The predicted molar refractivity (Wildman–Crippen MR) is 66.9 cm³/mol. The molecular formula is C12H16N2OS. The Hall–Kier alpha value is -0.710. The first kappa shape index (κ1) is 10.4. The number of hydrogen-bond donors (Lipinski definition) is 2. The molecular weight excluding hydrogens is 220 g/mol. The van der Waals surface area contributed by atoms with E-state index in [0.29, 0.717) is 12.0 Å². The highest BCUT2D eigenvalue weighted by Gasteiger charge is 2.33. The third kappa shape index (κ3) is 1.61. The number of benzene rings is 1. The fourth-order valence-corrected chi connectivity index (χ4v) is 2.85. The molecule has 3 nitrogen and oxygen atoms in total. The number of thiol groups is 1. The Bertz CT molecular complexity index is 397. The van der Waals surface area contributed by atoms with Crippen LogP contribution in [0.5, 0.6) is 5.75 Å². The number of piperazine rings is 1. The van der Waals surface area contributed by atoms with Crippen molar-refractivity contribution in [3.05, 3.63) is 29.3 Å². The van der Waals surface area contributed by atoms with Crippen molar-refractivity contribution in [3.63, 3.8) is 0 Å². The summed E-state index contributed by atoms with van der Waals surface area (Å²) in [5.41, 5.74) is 2.77. The molecule has 86 valence electrons. The molecule has 2 aliphatic rings. The lowest BCUT2D eigenvalue weighted by Gasteiger charge is -2.30. The number of hydrogen-bond acceptors (Lipinski definition) is 4. The highest BCUT2D eigenvalue weighted by atomic mass is 32.1. The highest BCUT2D eigenvalue weighted by molar-refractivity contribution is 7.80. The second kappa shape index (κ2) is 4.28. The van der Waals surface area contributed by atoms with Crippen molar-refractivity contribution >= 4 is 12.6 Å². The van der Waals surface area contributed by atoms with Crippen molar-refractivity contribution in [2.45, 2.75) is 12.6 Å². The Morgan fingerprint density at radius 3 is 3.31 bits per heavy atom. The van der Waals surface area contributed by atoms with Gasteiger partial charge in [0.2, 0.25) is 0 Å². The van der Waals surface area contributed by atoms with Gasteiger partial charge in [0, 0.05) is 37.8 Å². The number of fused-ring (bicyclic) bond motifs is 3. The molecule has 3 rings (SSSR count). The summed E-state index contributed by atoms with van der Waals surface area (Å²) in [5.74, 6) is 1.45. The largest absolute Gasteiger partial charge is 0.483 e. The zero-order chi connectivity index (χ0) is 11.0. The van der Waals surface area contributed by atoms with Gasteiger partial charge >= 0.3 is 0 Å². The van der Waals surface area contributed by atoms with E-state index >= 15 is 0 Å². The third-order valence-corrected chi connectivity index (χ3v) is 3.59. The van der Waals surface area contributed by atoms with Crippen LogP contribution in [-0.4, -0.2) is 30.5 Å². The topological polar surface area (TPSA) is 24.5 Å². The van der Waals surface area contributed by atoms with E-state index < -0.39 is 0 Å². The highest BCUT2D eigenvalue weighted by Crippen LogP contribution is 2.38. The minimum Gasteiger partial charge on any atom is -0.483 e. The van der Waals surface area contributed by atoms with Crippen molar-refractivity contribution in [3.8, 4) is 5.75 Å². The van der Waals surface area contributed by atoms with Crippen LogP contribution in [-0.2, 0) is 6.54 Å². The molecule has 1 unspecified atom stereocenters. The molecule has 0 aliphatic carbocycles. The van der Waals surface area contributed by atoms with E-state index in [-0.39, 0.29) is 0 Å². The first-order valence-electron chi connectivity index (χ1n) is 5.70. The molecule has 2 aliphatic heterocycles. The molecule has 0 saturated carbocycles. The molecule has 0 bridgehead atoms. The third-order valence-electron chi connectivity index (χ3n) is 3.46. The minimum atomic E-state index is 0.444. The first-order valence-corrected chi connectivity index (χ1v) is 6.33. The van der Waals surface area contributed by atoms with Crippen LogP contribution in [0, 0.1) is 0 Å². The summed E-state index contributed by atoms with van der Waals surface area (Å²) in [7, 11) is 0. The van der Waals surface area contributed by atoms with Crippen molar-refractivity contribution in [2.24, 2.45) is 0 Å². The molecule has 1 N–H and O–H groups in total. The molecule has 0 radical (unpaired) electrons. The molecule has 1 fully saturated rings. The van der Waals surface area contributed by atoms with Crippen molar-refractivity contribution in [1.29, 1.82) is 0 Å². The SMILES string of the molecule is SCOc1cccc2c1CN1CCNCC21. The maximum atomic E-state index is 5.57. The van der Waals surface area contributed by atoms with Crippen LogP contribution in [0.25, 0.3) is 0 Å². The van der Waals surface area contributed by atoms with E-state index in [9.17, 15) is 0 Å². The smallest absolute Gasteiger partial charge is 0.131 e. The molecule has 16 heavy (non-hydrogen) atoms. The van der Waals surface area contributed by atoms with Gasteiger partial charge in [-0.15, -0.1) is 12.6 Å². The summed E-state index contributed by atoms with van der Waals surface area (Å²) in [6.45, 7) is 4.29. The van der Waals surface area contributed by atoms with E-state index in [1.165, 1.54) is 11.1 Å². The second-order valence-electron chi connectivity index (χ2n) is 4.29. The Labute approximate surface area is 101 Å². The minimum absolute atomic E-state index is 0.444. The lowest BCUT2D eigenvalue weighted by Crippen LogP contribution is -2.42. The monoisotopic (exact) mass is 236 g/mol. The second-order valence-corrected chi connectivity index (χ2v) is 4.55. The Morgan fingerprint density at radius 1 is 1.50 bits per heavy atom. The van der Waals surface area contributed by atoms with E-state index in [4.69, 9.17) is 4.74 Å². The van der Waals surface area contributed by atoms with Gasteiger partial charge in [0.05, 0.1) is 0 Å². The molecule has 0 spiro atoms. The molecule has 2 heterocycles. The van der Waals surface area contributed by atoms with Gasteiger partial charge < -0.3 is 10.1 Å². The maximum Gasteiger partial charge on any atom is 0.131 e. The van der Waals surface area contributed by atoms with Crippen molar-refractivity contribution in [1.82, 2.24) is 10.2 Å². The fraction of sp³-hybridized carbons (Fsp3) is 0.500. The lowest BCUT2D eigenvalue weighted by molar-refractivity contribution is 0.177. The Morgan fingerprint density at radius 2 is 2.44 bits per heavy atom. The number of nitrogens with one attached hydrogen (secondary N) is 1. The van der Waals surface area contributed by atoms with Crippen molar-refractivity contribution < 1.29 is 4.74 Å². The van der Waals surface area contributed by atoms with Gasteiger partial charge in [0.25, 0.3) is 0 Å². The summed E-state index contributed by atoms with van der Waals surface area (Å²) in [5, 5.41) is 3.45. The molecule has 0 aromatic heterocycles. The molecule has 1 saturated heterocycles. The van der Waals surface area contributed by atoms with Gasteiger partial charge in [-0.25, -0.2) is 0 Å². The van der Waals surface area contributed by atoms with E-state index in [2.05, 4.69) is 35.0 Å². The summed E-state index contributed by atoms with van der Waals surface area (Å²) in [6, 6.07) is 6.88. The number of rotatable bonds is 2. The van der Waals surface area contributed by atoms with Crippen LogP contribution in [0.4, 0.5) is 0 Å². The standard InChI is InChI=1S/C12H16N2OS/c16-8-15-12-3-1-2-9-10(12)7-14-5-4-13-6-11(9)14/h1-3,11,13,16H,4-8H2. The number of nitrogens with zero attached hydrogens (tertiary/aromatic N) is 1. The van der Waals surface area contributed by atoms with Gasteiger partial charge in [-0.1, -0.05) is 12.1 Å². The van der Waals surface area contributed by atoms with Crippen LogP contribution in [0.15, 0.2) is 18.2 Å². The Kier molecular flexibility index (Phi) is 2.79. The van der Waals surface area contributed by atoms with Crippen LogP contribution >= 0.6 is 12.6 Å². The van der Waals surface area contributed by atoms with Crippen molar-refractivity contribution in [2.75, 3.05) is 25.6 Å². The van der Waals surface area contributed by atoms with Crippen LogP contribution in [0.1, 0.15) is 17.2 Å². The molecule has 0 amide bonds. The number of ether oxygens (including phenoxy) is 1. The van der Waals surface area contributed by atoms with E-state index in [0.717, 1.165) is 31.9 Å². The van der Waals surface area contributed by atoms with Gasteiger partial charge in [-0.3, -0.25) is 4.90 Å². The van der Waals surface area contributed by atoms with Crippen LogP contribution < -0.4 is 10.1 Å². The van der Waals surface area contributed by atoms with E-state index in [1.807, 2.05) is 6.07 Å². The summed E-state index contributed by atoms with van der Waals surface area (Å²) >= 11 is 4.13. The molecule has 1 aromatic carbocycles. The fourth-order valence-electron chi connectivity index (χ4n) is 2.71. The average Bonchev–Trinajstić information content (AvgIpc) is 2.69. The predicted octanol–water partition coefficient (Wildman–Crippen LogP) is 1.41. The summed E-state index contributed by atoms with van der Waals surface area (Å²) in [4.78, 5) is 2.52. The first-order chi connectivity index (χ1) is 7.90. The molecule has 1 atom stereocenters. The summed E-state index contributed by atoms with van der Waals surface area (Å²) in [6.07, 6.45) is 0.